The first-order valence-corrected chi connectivity index (χ1v) is 9.95. The zero-order chi connectivity index (χ0) is 17.1. The summed E-state index contributed by atoms with van der Waals surface area (Å²) >= 11 is 3.41. The fraction of sp³-hybridized carbons (Fsp3) is 0.278. The molecule has 0 spiro atoms. The zero-order valence-corrected chi connectivity index (χ0v) is 15.3. The van der Waals surface area contributed by atoms with Gasteiger partial charge in [-0.15, -0.1) is 11.3 Å². The second-order valence-electron chi connectivity index (χ2n) is 5.91. The van der Waals surface area contributed by atoms with Crippen LogP contribution in [-0.2, 0) is 6.54 Å². The Kier molecular flexibility index (Phi) is 4.74. The maximum Gasteiger partial charge on any atom is 0.146 e. The highest BCUT2D eigenvalue weighted by Gasteiger charge is 2.20. The highest BCUT2D eigenvalue weighted by molar-refractivity contribution is 7.14. The Bertz CT molecular complexity index is 873. The van der Waals surface area contributed by atoms with E-state index in [0.29, 0.717) is 5.56 Å². The van der Waals surface area contributed by atoms with Crippen LogP contribution in [0.15, 0.2) is 40.5 Å². The molecule has 0 aromatic carbocycles. The summed E-state index contributed by atoms with van der Waals surface area (Å²) in [5.74, 6) is 0.804. The molecule has 3 aromatic heterocycles. The van der Waals surface area contributed by atoms with Crippen LogP contribution < -0.4 is 4.90 Å². The Labute approximate surface area is 154 Å². The van der Waals surface area contributed by atoms with Crippen LogP contribution >= 0.6 is 22.7 Å². The number of thiazole rings is 1. The molecular weight excluding hydrogens is 350 g/mol. The third kappa shape index (κ3) is 3.56. The molecule has 7 heteroatoms. The van der Waals surface area contributed by atoms with E-state index >= 15 is 0 Å². The summed E-state index contributed by atoms with van der Waals surface area (Å²) in [5.41, 5.74) is 3.00. The van der Waals surface area contributed by atoms with Crippen molar-refractivity contribution in [3.63, 3.8) is 0 Å². The number of nitrogens with zero attached hydrogens (tertiary/aromatic N) is 5. The first kappa shape index (κ1) is 16.2. The standard InChI is InChI=1S/C18H17N5S2/c19-10-14-2-1-4-20-17(14)23-7-5-22(6-8-23)11-16-13-25-18(21-16)15-3-9-24-12-15/h1-4,9,12-13H,5-8,11H2. The number of pyridine rings is 1. The fourth-order valence-electron chi connectivity index (χ4n) is 2.98. The van der Waals surface area contributed by atoms with Crippen molar-refractivity contribution < 1.29 is 0 Å². The smallest absolute Gasteiger partial charge is 0.146 e. The van der Waals surface area contributed by atoms with Crippen molar-refractivity contribution >= 4 is 28.5 Å². The molecule has 0 amide bonds. The van der Waals surface area contributed by atoms with Crippen LogP contribution in [0, 0.1) is 11.3 Å². The van der Waals surface area contributed by atoms with E-state index in [2.05, 4.69) is 43.1 Å². The largest absolute Gasteiger partial charge is 0.353 e. The minimum Gasteiger partial charge on any atom is -0.353 e. The van der Waals surface area contributed by atoms with Gasteiger partial charge in [0, 0.05) is 55.2 Å². The molecule has 0 N–H and O–H groups in total. The summed E-state index contributed by atoms with van der Waals surface area (Å²) in [7, 11) is 0. The lowest BCUT2D eigenvalue weighted by Gasteiger charge is -2.35. The summed E-state index contributed by atoms with van der Waals surface area (Å²) in [6.45, 7) is 4.54. The van der Waals surface area contributed by atoms with Crippen molar-refractivity contribution in [3.8, 4) is 16.6 Å². The predicted molar refractivity (Wildman–Crippen MR) is 102 cm³/mol. The highest BCUT2D eigenvalue weighted by atomic mass is 32.1. The Morgan fingerprint density at radius 2 is 2.04 bits per heavy atom. The van der Waals surface area contributed by atoms with Crippen molar-refractivity contribution in [1.82, 2.24) is 14.9 Å². The average Bonchev–Trinajstić information content (AvgIpc) is 3.34. The fourth-order valence-corrected chi connectivity index (χ4v) is 4.50. The van der Waals surface area contributed by atoms with Crippen LogP contribution in [0.1, 0.15) is 11.3 Å². The van der Waals surface area contributed by atoms with Crippen LogP contribution in [0.4, 0.5) is 5.82 Å². The third-order valence-electron chi connectivity index (χ3n) is 4.28. The Balaban J connectivity index is 1.37. The number of hydrogen-bond donors (Lipinski definition) is 0. The Hall–Kier alpha value is -2.27. The van der Waals surface area contributed by atoms with Crippen LogP contribution in [0.5, 0.6) is 0 Å². The average molecular weight is 368 g/mol. The topological polar surface area (TPSA) is 56.1 Å². The summed E-state index contributed by atoms with van der Waals surface area (Å²) in [6.07, 6.45) is 1.75. The molecule has 4 rings (SSSR count). The van der Waals surface area contributed by atoms with Gasteiger partial charge in [-0.2, -0.15) is 16.6 Å². The molecule has 126 valence electrons. The first-order chi connectivity index (χ1) is 12.3. The maximum atomic E-state index is 9.24. The zero-order valence-electron chi connectivity index (χ0n) is 13.6. The predicted octanol–water partition coefficient (Wildman–Crippen LogP) is 3.46. The third-order valence-corrected chi connectivity index (χ3v) is 5.91. The number of rotatable bonds is 4. The van der Waals surface area contributed by atoms with Gasteiger partial charge in [-0.25, -0.2) is 9.97 Å². The van der Waals surface area contributed by atoms with Crippen LogP contribution in [-0.4, -0.2) is 41.0 Å². The van der Waals surface area contributed by atoms with Crippen LogP contribution in [0.25, 0.3) is 10.6 Å². The maximum absolute atomic E-state index is 9.24. The Morgan fingerprint density at radius 1 is 1.16 bits per heavy atom. The molecule has 1 aliphatic heterocycles. The van der Waals surface area contributed by atoms with Gasteiger partial charge in [-0.1, -0.05) is 0 Å². The molecule has 1 aliphatic rings. The van der Waals surface area contributed by atoms with Crippen molar-refractivity contribution in [3.05, 3.63) is 51.8 Å². The van der Waals surface area contributed by atoms with E-state index < -0.39 is 0 Å². The molecule has 0 unspecified atom stereocenters. The van der Waals surface area contributed by atoms with Crippen molar-refractivity contribution in [2.45, 2.75) is 6.54 Å². The van der Waals surface area contributed by atoms with Gasteiger partial charge < -0.3 is 4.90 Å². The van der Waals surface area contributed by atoms with E-state index in [1.54, 1.807) is 28.9 Å². The summed E-state index contributed by atoms with van der Waals surface area (Å²) in [5, 5.41) is 16.7. The lowest BCUT2D eigenvalue weighted by Crippen LogP contribution is -2.46. The van der Waals surface area contributed by atoms with E-state index in [1.165, 1.54) is 5.56 Å². The monoisotopic (exact) mass is 367 g/mol. The van der Waals surface area contributed by atoms with Gasteiger partial charge in [0.2, 0.25) is 0 Å². The summed E-state index contributed by atoms with van der Waals surface area (Å²) < 4.78 is 0. The molecular formula is C18H17N5S2. The normalized spacial score (nSPS) is 15.2. The van der Waals surface area contributed by atoms with E-state index in [0.717, 1.165) is 49.2 Å². The number of piperazine rings is 1. The van der Waals surface area contributed by atoms with Gasteiger partial charge >= 0.3 is 0 Å². The lowest BCUT2D eigenvalue weighted by atomic mass is 10.2. The van der Waals surface area contributed by atoms with Gasteiger partial charge in [0.05, 0.1) is 11.3 Å². The summed E-state index contributed by atoms with van der Waals surface area (Å²) in [6, 6.07) is 7.99. The quantitative estimate of drug-likeness (QED) is 0.707. The van der Waals surface area contributed by atoms with Gasteiger partial charge in [0.25, 0.3) is 0 Å². The molecule has 4 heterocycles. The molecule has 1 saturated heterocycles. The van der Waals surface area contributed by atoms with Crippen molar-refractivity contribution in [2.24, 2.45) is 0 Å². The first-order valence-electron chi connectivity index (χ1n) is 8.13. The van der Waals surface area contributed by atoms with Crippen molar-refractivity contribution in [1.29, 1.82) is 5.26 Å². The van der Waals surface area contributed by atoms with Crippen molar-refractivity contribution in [2.75, 3.05) is 31.1 Å². The molecule has 0 aliphatic carbocycles. The minimum absolute atomic E-state index is 0.649. The molecule has 5 nitrogen and oxygen atoms in total. The molecule has 0 radical (unpaired) electrons. The molecule has 0 saturated carbocycles. The number of aromatic nitrogens is 2. The molecule has 0 bridgehead atoms. The number of hydrogen-bond acceptors (Lipinski definition) is 7. The van der Waals surface area contributed by atoms with Gasteiger partial charge in [0.1, 0.15) is 16.9 Å². The SMILES string of the molecule is N#Cc1cccnc1N1CCN(Cc2csc(-c3ccsc3)n2)CC1. The van der Waals surface area contributed by atoms with Crippen LogP contribution in [0.3, 0.4) is 0 Å². The van der Waals surface area contributed by atoms with Gasteiger partial charge in [-0.3, -0.25) is 4.90 Å². The van der Waals surface area contributed by atoms with E-state index in [4.69, 9.17) is 4.98 Å². The number of anilines is 1. The molecule has 3 aromatic rings. The van der Waals surface area contributed by atoms with Gasteiger partial charge in [0.15, 0.2) is 0 Å². The number of thiophene rings is 1. The molecule has 25 heavy (non-hydrogen) atoms. The second-order valence-corrected chi connectivity index (χ2v) is 7.54. The highest BCUT2D eigenvalue weighted by Crippen LogP contribution is 2.26. The summed E-state index contributed by atoms with van der Waals surface area (Å²) in [4.78, 5) is 13.8. The molecule has 1 fully saturated rings. The van der Waals surface area contributed by atoms with E-state index in [-0.39, 0.29) is 0 Å². The molecule has 0 atom stereocenters. The van der Waals surface area contributed by atoms with Gasteiger partial charge in [-0.05, 0) is 23.6 Å². The van der Waals surface area contributed by atoms with E-state index in [1.807, 2.05) is 12.1 Å². The second kappa shape index (κ2) is 7.31. The lowest BCUT2D eigenvalue weighted by molar-refractivity contribution is 0.247. The Morgan fingerprint density at radius 3 is 2.80 bits per heavy atom. The van der Waals surface area contributed by atoms with E-state index in [9.17, 15) is 5.26 Å². The minimum atomic E-state index is 0.649. The number of nitriles is 1. The van der Waals surface area contributed by atoms with Crippen LogP contribution in [0.2, 0.25) is 0 Å².